The second-order valence-corrected chi connectivity index (χ2v) is 10.7. The number of hydrogen-bond acceptors (Lipinski definition) is 8. The summed E-state index contributed by atoms with van der Waals surface area (Å²) in [7, 11) is -3.28. The Morgan fingerprint density at radius 2 is 1.83 bits per heavy atom. The van der Waals surface area contributed by atoms with E-state index in [4.69, 9.17) is 9.15 Å². The summed E-state index contributed by atoms with van der Waals surface area (Å²) < 4.78 is 36.8. The molecule has 0 spiro atoms. The van der Waals surface area contributed by atoms with E-state index in [-0.39, 0.29) is 16.9 Å². The van der Waals surface area contributed by atoms with Gasteiger partial charge in [-0.25, -0.2) is 23.1 Å². The van der Waals surface area contributed by atoms with E-state index in [1.165, 1.54) is 24.7 Å². The number of furan rings is 1. The Balaban J connectivity index is 1.30. The maximum atomic E-state index is 12.8. The summed E-state index contributed by atoms with van der Waals surface area (Å²) in [5, 5.41) is 5.07. The molecule has 0 radical (unpaired) electrons. The molecule has 1 saturated heterocycles. The average molecular weight is 496 g/mol. The topological polar surface area (TPSA) is 120 Å². The van der Waals surface area contributed by atoms with Gasteiger partial charge in [0.2, 0.25) is 5.88 Å². The van der Waals surface area contributed by atoms with Gasteiger partial charge < -0.3 is 14.1 Å². The highest BCUT2D eigenvalue weighted by Gasteiger charge is 2.27. The summed E-state index contributed by atoms with van der Waals surface area (Å²) in [5.41, 5.74) is 1.84. The lowest BCUT2D eigenvalue weighted by Gasteiger charge is -2.31. The smallest absolute Gasteiger partial charge is 0.257 e. The maximum absolute atomic E-state index is 12.8. The van der Waals surface area contributed by atoms with E-state index in [2.05, 4.69) is 15.1 Å². The molecule has 1 fully saturated rings. The highest BCUT2D eigenvalue weighted by Crippen LogP contribution is 2.27. The van der Waals surface area contributed by atoms with Crippen molar-refractivity contribution < 1.29 is 22.4 Å². The van der Waals surface area contributed by atoms with E-state index in [0.29, 0.717) is 59.9 Å². The monoisotopic (exact) mass is 495 g/mol. The number of carbonyl (C=O) groups excluding carboxylic acids is 1. The molecule has 0 unspecified atom stereocenters. The molecule has 182 valence electrons. The van der Waals surface area contributed by atoms with Crippen LogP contribution in [0.5, 0.6) is 5.88 Å². The number of fused-ring (bicyclic) bond motifs is 1. The summed E-state index contributed by atoms with van der Waals surface area (Å²) in [5.74, 6) is 1.77. The Morgan fingerprint density at radius 1 is 1.11 bits per heavy atom. The number of rotatable bonds is 5. The average Bonchev–Trinajstić information content (AvgIpc) is 3.42. The van der Waals surface area contributed by atoms with Crippen LogP contribution in [-0.2, 0) is 9.84 Å². The quantitative estimate of drug-likeness (QED) is 0.414. The van der Waals surface area contributed by atoms with Crippen LogP contribution in [0.25, 0.3) is 16.7 Å². The van der Waals surface area contributed by atoms with Crippen LogP contribution < -0.4 is 4.74 Å². The minimum Gasteiger partial charge on any atom is -0.474 e. The molecule has 1 aliphatic heterocycles. The van der Waals surface area contributed by atoms with E-state index in [0.717, 1.165) is 5.76 Å². The molecule has 0 aliphatic carbocycles. The molecule has 5 rings (SSSR count). The van der Waals surface area contributed by atoms with E-state index in [1.54, 1.807) is 36.0 Å². The van der Waals surface area contributed by atoms with Crippen LogP contribution in [0.2, 0.25) is 0 Å². The predicted molar refractivity (Wildman–Crippen MR) is 128 cm³/mol. The fourth-order valence-corrected chi connectivity index (χ4v) is 4.92. The summed E-state index contributed by atoms with van der Waals surface area (Å²) >= 11 is 0. The zero-order valence-electron chi connectivity index (χ0n) is 19.6. The Morgan fingerprint density at radius 3 is 2.46 bits per heavy atom. The summed E-state index contributed by atoms with van der Waals surface area (Å²) in [6, 6.07) is 8.23. The third-order valence-corrected chi connectivity index (χ3v) is 7.25. The Hall–Kier alpha value is -3.73. The number of aromatic nitrogens is 4. The van der Waals surface area contributed by atoms with Gasteiger partial charge in [0.15, 0.2) is 15.5 Å². The molecule has 0 saturated carbocycles. The van der Waals surface area contributed by atoms with Gasteiger partial charge in [-0.1, -0.05) is 0 Å². The van der Waals surface area contributed by atoms with E-state index < -0.39 is 9.84 Å². The second-order valence-electron chi connectivity index (χ2n) is 8.67. The van der Waals surface area contributed by atoms with Crippen LogP contribution in [0, 0.1) is 13.8 Å². The fraction of sp³-hybridized carbons (Fsp3) is 0.333. The van der Waals surface area contributed by atoms with E-state index in [9.17, 15) is 13.2 Å². The van der Waals surface area contributed by atoms with E-state index >= 15 is 0 Å². The van der Waals surface area contributed by atoms with Crippen molar-refractivity contribution in [2.75, 3.05) is 19.3 Å². The number of aryl methyl sites for hydroxylation is 2. The first-order valence-electron chi connectivity index (χ1n) is 11.2. The Labute approximate surface area is 202 Å². The van der Waals surface area contributed by atoms with Crippen LogP contribution in [0.15, 0.2) is 52.2 Å². The lowest BCUT2D eigenvalue weighted by Crippen LogP contribution is -2.42. The van der Waals surface area contributed by atoms with Gasteiger partial charge in [-0.15, -0.1) is 0 Å². The molecule has 1 aromatic carbocycles. The number of benzene rings is 1. The molecule has 11 heteroatoms. The molecule has 3 aromatic heterocycles. The van der Waals surface area contributed by atoms with E-state index in [1.807, 2.05) is 11.8 Å². The minimum absolute atomic E-state index is 0.0228. The molecule has 0 atom stereocenters. The molecule has 10 nitrogen and oxygen atoms in total. The number of hydrogen-bond donors (Lipinski definition) is 0. The zero-order chi connectivity index (χ0) is 24.7. The maximum Gasteiger partial charge on any atom is 0.257 e. The van der Waals surface area contributed by atoms with Crippen LogP contribution in [0.4, 0.5) is 0 Å². The minimum atomic E-state index is -3.28. The first-order valence-corrected chi connectivity index (χ1v) is 13.1. The van der Waals surface area contributed by atoms with Gasteiger partial charge in [-0.3, -0.25) is 4.79 Å². The van der Waals surface area contributed by atoms with Gasteiger partial charge in [0.1, 0.15) is 29.3 Å². The van der Waals surface area contributed by atoms with Crippen molar-refractivity contribution in [2.24, 2.45) is 0 Å². The predicted octanol–water partition coefficient (Wildman–Crippen LogP) is 3.11. The van der Waals surface area contributed by atoms with Gasteiger partial charge in [0.05, 0.1) is 22.3 Å². The molecule has 0 bridgehead atoms. The normalized spacial score (nSPS) is 15.0. The molecule has 1 amide bonds. The van der Waals surface area contributed by atoms with Gasteiger partial charge >= 0.3 is 0 Å². The first kappa shape index (κ1) is 23.0. The zero-order valence-corrected chi connectivity index (χ0v) is 20.4. The van der Waals surface area contributed by atoms with Crippen LogP contribution >= 0.6 is 0 Å². The lowest BCUT2D eigenvalue weighted by atomic mass is 10.1. The number of ether oxygens (including phenoxy) is 1. The number of likely N-dealkylation sites (tertiary alicyclic amines) is 1. The fourth-order valence-electron chi connectivity index (χ4n) is 4.29. The summed E-state index contributed by atoms with van der Waals surface area (Å²) in [6.07, 6.45) is 5.48. The van der Waals surface area contributed by atoms with Crippen molar-refractivity contribution >= 4 is 26.8 Å². The van der Waals surface area contributed by atoms with Crippen LogP contribution in [-0.4, -0.2) is 64.4 Å². The molecular formula is C24H25N5O5S. The summed E-state index contributed by atoms with van der Waals surface area (Å²) in [6.45, 7) is 4.79. The van der Waals surface area contributed by atoms with Crippen LogP contribution in [0.3, 0.4) is 0 Å². The van der Waals surface area contributed by atoms with Crippen molar-refractivity contribution in [3.8, 4) is 11.6 Å². The van der Waals surface area contributed by atoms with Crippen molar-refractivity contribution in [3.05, 3.63) is 59.9 Å². The number of amides is 1. The van der Waals surface area contributed by atoms with Crippen molar-refractivity contribution in [1.29, 1.82) is 0 Å². The number of sulfone groups is 1. The molecular weight excluding hydrogens is 470 g/mol. The standard InChI is InChI=1S/C24H25N5O5S/c1-15-12-20(16(2)33-15)24(30)28-10-8-18(9-11-28)34-23-21-13-27-29(22(21)25-14-26-23)17-4-6-19(7-5-17)35(3,31)32/h4-7,12-14,18H,8-11H2,1-3H3. The highest BCUT2D eigenvalue weighted by atomic mass is 32.2. The largest absolute Gasteiger partial charge is 0.474 e. The molecule has 1 aliphatic rings. The number of piperidine rings is 1. The first-order chi connectivity index (χ1) is 16.7. The molecule has 4 aromatic rings. The SMILES string of the molecule is Cc1cc(C(=O)N2CCC(Oc3ncnc4c3cnn4-c3ccc(S(C)(=O)=O)cc3)CC2)c(C)o1. The van der Waals surface area contributed by atoms with Crippen LogP contribution in [0.1, 0.15) is 34.7 Å². The van der Waals surface area contributed by atoms with Crippen molar-refractivity contribution in [1.82, 2.24) is 24.6 Å². The lowest BCUT2D eigenvalue weighted by molar-refractivity contribution is 0.0589. The Kier molecular flexibility index (Phi) is 5.79. The van der Waals surface area contributed by atoms with Gasteiger partial charge in [-0.05, 0) is 44.2 Å². The highest BCUT2D eigenvalue weighted by molar-refractivity contribution is 7.90. The van der Waals surface area contributed by atoms with Crippen molar-refractivity contribution in [2.45, 2.75) is 37.7 Å². The third kappa shape index (κ3) is 4.51. The molecule has 0 N–H and O–H groups in total. The summed E-state index contributed by atoms with van der Waals surface area (Å²) in [4.78, 5) is 23.6. The Bertz CT molecular complexity index is 1500. The molecule has 4 heterocycles. The van der Waals surface area contributed by atoms with Gasteiger partial charge in [-0.2, -0.15) is 5.10 Å². The second kappa shape index (κ2) is 8.81. The van der Waals surface area contributed by atoms with Gasteiger partial charge in [0.25, 0.3) is 5.91 Å². The van der Waals surface area contributed by atoms with Gasteiger partial charge in [0, 0.05) is 32.2 Å². The molecule has 35 heavy (non-hydrogen) atoms. The number of carbonyl (C=O) groups is 1. The number of nitrogens with zero attached hydrogens (tertiary/aromatic N) is 5. The van der Waals surface area contributed by atoms with Crippen molar-refractivity contribution in [3.63, 3.8) is 0 Å². The third-order valence-electron chi connectivity index (χ3n) is 6.12.